The first-order valence-corrected chi connectivity index (χ1v) is 5.67. The summed E-state index contributed by atoms with van der Waals surface area (Å²) in [7, 11) is 0. The third-order valence-electron chi connectivity index (χ3n) is 2.79. The van der Waals surface area contributed by atoms with E-state index in [4.69, 9.17) is 0 Å². The maximum atomic E-state index is 12.8. The van der Waals surface area contributed by atoms with Crippen molar-refractivity contribution in [3.8, 4) is 0 Å². The lowest BCUT2D eigenvalue weighted by Crippen LogP contribution is -2.13. The SMILES string of the molecule is Cc1ccc(C(=O)c2ccccc2C(F)(F)F)cc1. The number of benzene rings is 2. The lowest BCUT2D eigenvalue weighted by atomic mass is 9.97. The van der Waals surface area contributed by atoms with Gasteiger partial charge in [0.2, 0.25) is 0 Å². The van der Waals surface area contributed by atoms with Crippen LogP contribution >= 0.6 is 0 Å². The van der Waals surface area contributed by atoms with Crippen molar-refractivity contribution in [1.29, 1.82) is 0 Å². The van der Waals surface area contributed by atoms with Crippen molar-refractivity contribution in [3.05, 3.63) is 70.8 Å². The van der Waals surface area contributed by atoms with Gasteiger partial charge in [0.25, 0.3) is 0 Å². The van der Waals surface area contributed by atoms with Crippen LogP contribution < -0.4 is 0 Å². The van der Waals surface area contributed by atoms with E-state index in [-0.39, 0.29) is 11.1 Å². The van der Waals surface area contributed by atoms with Crippen molar-refractivity contribution in [1.82, 2.24) is 0 Å². The Morgan fingerprint density at radius 2 is 1.53 bits per heavy atom. The van der Waals surface area contributed by atoms with Gasteiger partial charge in [-0.15, -0.1) is 0 Å². The Labute approximate surface area is 108 Å². The Balaban J connectivity index is 2.48. The molecule has 0 bridgehead atoms. The fraction of sp³-hybridized carbons (Fsp3) is 0.133. The molecule has 0 atom stereocenters. The number of carbonyl (C=O) groups is 1. The van der Waals surface area contributed by atoms with Gasteiger partial charge in [-0.25, -0.2) is 0 Å². The third-order valence-corrected chi connectivity index (χ3v) is 2.79. The fourth-order valence-corrected chi connectivity index (χ4v) is 1.79. The molecule has 4 heteroatoms. The molecule has 0 fully saturated rings. The van der Waals surface area contributed by atoms with Gasteiger partial charge in [-0.1, -0.05) is 48.0 Å². The first-order valence-electron chi connectivity index (χ1n) is 5.67. The van der Waals surface area contributed by atoms with Crippen LogP contribution in [0, 0.1) is 6.92 Å². The molecule has 0 aliphatic heterocycles. The summed E-state index contributed by atoms with van der Waals surface area (Å²) in [6.45, 7) is 1.85. The van der Waals surface area contributed by atoms with Crippen LogP contribution in [-0.2, 0) is 6.18 Å². The second kappa shape index (κ2) is 4.88. The Bertz CT molecular complexity index is 598. The van der Waals surface area contributed by atoms with Crippen LogP contribution in [0.1, 0.15) is 27.0 Å². The molecule has 0 heterocycles. The van der Waals surface area contributed by atoms with E-state index in [0.717, 1.165) is 11.6 Å². The van der Waals surface area contributed by atoms with E-state index in [1.165, 1.54) is 30.3 Å². The molecule has 0 saturated heterocycles. The van der Waals surface area contributed by atoms with Crippen LogP contribution in [0.2, 0.25) is 0 Å². The summed E-state index contributed by atoms with van der Waals surface area (Å²) in [6.07, 6.45) is -4.53. The van der Waals surface area contributed by atoms with Gasteiger partial charge in [-0.3, -0.25) is 4.79 Å². The Morgan fingerprint density at radius 1 is 0.947 bits per heavy atom. The average molecular weight is 264 g/mol. The largest absolute Gasteiger partial charge is 0.417 e. The third kappa shape index (κ3) is 2.84. The Morgan fingerprint density at radius 3 is 2.11 bits per heavy atom. The highest BCUT2D eigenvalue weighted by molar-refractivity contribution is 6.10. The van der Waals surface area contributed by atoms with Crippen LogP contribution in [0.25, 0.3) is 0 Å². The number of hydrogen-bond acceptors (Lipinski definition) is 1. The minimum absolute atomic E-state index is 0.252. The summed E-state index contributed by atoms with van der Waals surface area (Å²) in [6, 6.07) is 11.3. The zero-order chi connectivity index (χ0) is 14.0. The van der Waals surface area contributed by atoms with Crippen molar-refractivity contribution in [2.75, 3.05) is 0 Å². The lowest BCUT2D eigenvalue weighted by Gasteiger charge is -2.11. The highest BCUT2D eigenvalue weighted by atomic mass is 19.4. The Hall–Kier alpha value is -2.10. The van der Waals surface area contributed by atoms with Crippen molar-refractivity contribution < 1.29 is 18.0 Å². The molecular weight excluding hydrogens is 253 g/mol. The number of alkyl halides is 3. The first kappa shape index (κ1) is 13.3. The second-order valence-electron chi connectivity index (χ2n) is 4.24. The number of ketones is 1. The summed E-state index contributed by atoms with van der Waals surface area (Å²) in [5, 5.41) is 0. The van der Waals surface area contributed by atoms with E-state index < -0.39 is 17.5 Å². The predicted molar refractivity (Wildman–Crippen MR) is 66.1 cm³/mol. The molecule has 0 amide bonds. The molecule has 0 aliphatic rings. The zero-order valence-electron chi connectivity index (χ0n) is 10.2. The Kier molecular flexibility index (Phi) is 3.42. The van der Waals surface area contributed by atoms with Crippen LogP contribution in [0.5, 0.6) is 0 Å². The van der Waals surface area contributed by atoms with E-state index in [1.54, 1.807) is 12.1 Å². The highest BCUT2D eigenvalue weighted by Crippen LogP contribution is 2.32. The molecule has 2 rings (SSSR count). The van der Waals surface area contributed by atoms with Gasteiger partial charge in [0.05, 0.1) is 5.56 Å². The number of aryl methyl sites for hydroxylation is 1. The van der Waals surface area contributed by atoms with Crippen LogP contribution in [0.4, 0.5) is 13.2 Å². The lowest BCUT2D eigenvalue weighted by molar-refractivity contribution is -0.137. The summed E-state index contributed by atoms with van der Waals surface area (Å²) in [5.74, 6) is -0.618. The van der Waals surface area contributed by atoms with Gasteiger partial charge in [-0.05, 0) is 13.0 Å². The molecule has 0 radical (unpaired) electrons. The topological polar surface area (TPSA) is 17.1 Å². The second-order valence-corrected chi connectivity index (χ2v) is 4.24. The van der Waals surface area contributed by atoms with E-state index in [9.17, 15) is 18.0 Å². The van der Waals surface area contributed by atoms with Crippen LogP contribution in [0.15, 0.2) is 48.5 Å². The number of halogens is 3. The van der Waals surface area contributed by atoms with E-state index in [2.05, 4.69) is 0 Å². The maximum Gasteiger partial charge on any atom is 0.417 e. The molecule has 0 unspecified atom stereocenters. The molecule has 0 aliphatic carbocycles. The quantitative estimate of drug-likeness (QED) is 0.741. The molecule has 19 heavy (non-hydrogen) atoms. The van der Waals surface area contributed by atoms with Crippen molar-refractivity contribution in [3.63, 3.8) is 0 Å². The summed E-state index contributed by atoms with van der Waals surface area (Å²) in [5.41, 5.74) is -0.0256. The molecule has 0 saturated carbocycles. The van der Waals surface area contributed by atoms with Gasteiger partial charge < -0.3 is 0 Å². The van der Waals surface area contributed by atoms with Crippen molar-refractivity contribution in [2.45, 2.75) is 13.1 Å². The van der Waals surface area contributed by atoms with Crippen molar-refractivity contribution >= 4 is 5.78 Å². The van der Waals surface area contributed by atoms with Gasteiger partial charge in [0.1, 0.15) is 0 Å². The van der Waals surface area contributed by atoms with Gasteiger partial charge in [0, 0.05) is 11.1 Å². The normalized spacial score (nSPS) is 11.4. The van der Waals surface area contributed by atoms with E-state index in [0.29, 0.717) is 0 Å². The predicted octanol–water partition coefficient (Wildman–Crippen LogP) is 4.24. The zero-order valence-corrected chi connectivity index (χ0v) is 10.2. The van der Waals surface area contributed by atoms with Crippen LogP contribution in [-0.4, -0.2) is 5.78 Å². The van der Waals surface area contributed by atoms with Gasteiger partial charge in [-0.2, -0.15) is 13.2 Å². The highest BCUT2D eigenvalue weighted by Gasteiger charge is 2.34. The number of hydrogen-bond donors (Lipinski definition) is 0. The first-order chi connectivity index (χ1) is 8.89. The molecule has 0 N–H and O–H groups in total. The van der Waals surface area contributed by atoms with Gasteiger partial charge in [0.15, 0.2) is 5.78 Å². The molecule has 2 aromatic rings. The van der Waals surface area contributed by atoms with E-state index >= 15 is 0 Å². The minimum Gasteiger partial charge on any atom is -0.289 e. The average Bonchev–Trinajstić information content (AvgIpc) is 2.38. The number of rotatable bonds is 2. The van der Waals surface area contributed by atoms with Crippen molar-refractivity contribution in [2.24, 2.45) is 0 Å². The minimum atomic E-state index is -4.53. The monoisotopic (exact) mass is 264 g/mol. The smallest absolute Gasteiger partial charge is 0.289 e. The summed E-state index contributed by atoms with van der Waals surface area (Å²) >= 11 is 0. The molecule has 0 aromatic heterocycles. The number of carbonyl (C=O) groups excluding carboxylic acids is 1. The van der Waals surface area contributed by atoms with Crippen LogP contribution in [0.3, 0.4) is 0 Å². The van der Waals surface area contributed by atoms with E-state index in [1.807, 2.05) is 6.92 Å². The maximum absolute atomic E-state index is 12.8. The summed E-state index contributed by atoms with van der Waals surface area (Å²) < 4.78 is 38.5. The van der Waals surface area contributed by atoms with Gasteiger partial charge >= 0.3 is 6.18 Å². The standard InChI is InChI=1S/C15H11F3O/c1-10-6-8-11(9-7-10)14(19)12-4-2-3-5-13(12)15(16,17)18/h2-9H,1H3. The molecule has 1 nitrogen and oxygen atoms in total. The fourth-order valence-electron chi connectivity index (χ4n) is 1.79. The molecular formula is C15H11F3O. The molecule has 98 valence electrons. The summed E-state index contributed by atoms with van der Waals surface area (Å²) in [4.78, 5) is 12.1. The molecule has 0 spiro atoms. The molecule has 2 aromatic carbocycles.